The molecule has 2 aromatic carbocycles. The van der Waals surface area contributed by atoms with Gasteiger partial charge in [0.15, 0.2) is 0 Å². The standard InChI is InChI=1S/C27H34N2O5S3/c1-3-4-10-16-36-37-17-15-24(31)29-22(18-35-26(29)21-13-8-9-14-23(21)30)25(32)28(19(2)27(33)34)20-11-6-5-7-12-20/h5-9,11-14,19,22,26,30H,3-4,10,15-18H2,1-2H3,(H,33,34)/t19-,22-,26+/m0/s1. The van der Waals surface area contributed by atoms with E-state index in [1.54, 1.807) is 81.1 Å². The number of carboxylic acids is 1. The molecular formula is C27H34N2O5S3. The number of nitrogens with zero attached hydrogens (tertiary/aromatic N) is 2. The highest BCUT2D eigenvalue weighted by molar-refractivity contribution is 8.76. The molecule has 37 heavy (non-hydrogen) atoms. The van der Waals surface area contributed by atoms with Gasteiger partial charge < -0.3 is 15.1 Å². The Morgan fingerprint density at radius 1 is 1.05 bits per heavy atom. The summed E-state index contributed by atoms with van der Waals surface area (Å²) in [6.07, 6.45) is 3.75. The maximum atomic E-state index is 13.9. The van der Waals surface area contributed by atoms with Crippen LogP contribution >= 0.6 is 33.3 Å². The van der Waals surface area contributed by atoms with Gasteiger partial charge in [0, 0.05) is 34.9 Å². The number of amides is 2. The molecule has 0 spiro atoms. The second-order valence-corrected chi connectivity index (χ2v) is 12.5. The Bertz CT molecular complexity index is 1060. The van der Waals surface area contributed by atoms with E-state index in [9.17, 15) is 24.6 Å². The Labute approximate surface area is 230 Å². The van der Waals surface area contributed by atoms with Crippen LogP contribution in [0.4, 0.5) is 5.69 Å². The van der Waals surface area contributed by atoms with E-state index in [0.29, 0.717) is 22.8 Å². The number of carbonyl (C=O) groups is 3. The molecule has 1 aliphatic rings. The van der Waals surface area contributed by atoms with Gasteiger partial charge in [-0.3, -0.25) is 14.5 Å². The van der Waals surface area contributed by atoms with Crippen molar-refractivity contribution in [3.05, 3.63) is 60.2 Å². The molecule has 1 aliphatic heterocycles. The highest BCUT2D eigenvalue weighted by Crippen LogP contribution is 2.45. The molecule has 7 nitrogen and oxygen atoms in total. The van der Waals surface area contributed by atoms with Crippen molar-refractivity contribution in [1.82, 2.24) is 4.90 Å². The van der Waals surface area contributed by atoms with Crippen LogP contribution in [0.25, 0.3) is 0 Å². The SMILES string of the molecule is CCCCCSSCCC(=O)N1[C@@H](c2ccccc2O)SC[C@H]1C(=O)N(c1ccccc1)[C@@H](C)C(=O)O. The fourth-order valence-corrected chi connectivity index (χ4v) is 7.72. The van der Waals surface area contributed by atoms with Gasteiger partial charge in [-0.1, -0.05) is 77.8 Å². The van der Waals surface area contributed by atoms with Crippen LogP contribution in [-0.2, 0) is 14.4 Å². The van der Waals surface area contributed by atoms with Gasteiger partial charge in [-0.25, -0.2) is 4.79 Å². The smallest absolute Gasteiger partial charge is 0.326 e. The number of anilines is 1. The summed E-state index contributed by atoms with van der Waals surface area (Å²) >= 11 is 1.41. The first-order chi connectivity index (χ1) is 17.9. The Balaban J connectivity index is 1.85. The lowest BCUT2D eigenvalue weighted by Crippen LogP contribution is -2.54. The molecule has 2 aromatic rings. The van der Waals surface area contributed by atoms with Gasteiger partial charge in [0.25, 0.3) is 5.91 Å². The first-order valence-corrected chi connectivity index (χ1v) is 16.0. The van der Waals surface area contributed by atoms with E-state index >= 15 is 0 Å². The number of aromatic hydroxyl groups is 1. The maximum absolute atomic E-state index is 13.9. The minimum absolute atomic E-state index is 0.0607. The summed E-state index contributed by atoms with van der Waals surface area (Å²) in [5, 5.41) is 19.7. The minimum atomic E-state index is -1.13. The van der Waals surface area contributed by atoms with E-state index in [4.69, 9.17) is 0 Å². The number of carbonyl (C=O) groups excluding carboxylic acids is 2. The highest BCUT2D eigenvalue weighted by atomic mass is 33.1. The van der Waals surface area contributed by atoms with E-state index in [1.807, 2.05) is 0 Å². The summed E-state index contributed by atoms with van der Waals surface area (Å²) < 4.78 is 0. The van der Waals surface area contributed by atoms with Crippen LogP contribution in [0.1, 0.15) is 50.5 Å². The van der Waals surface area contributed by atoms with E-state index in [-0.39, 0.29) is 18.1 Å². The van der Waals surface area contributed by atoms with Crippen molar-refractivity contribution in [1.29, 1.82) is 0 Å². The monoisotopic (exact) mass is 562 g/mol. The third-order valence-electron chi connectivity index (χ3n) is 6.11. The Kier molecular flexibility index (Phi) is 11.5. The number of unbranched alkanes of at least 4 members (excludes halogenated alkanes) is 2. The lowest BCUT2D eigenvalue weighted by Gasteiger charge is -2.34. The maximum Gasteiger partial charge on any atom is 0.326 e. The summed E-state index contributed by atoms with van der Waals surface area (Å²) in [5.41, 5.74) is 1.03. The second kappa shape index (κ2) is 14.6. The van der Waals surface area contributed by atoms with E-state index in [1.165, 1.54) is 36.4 Å². The van der Waals surface area contributed by atoms with Crippen LogP contribution < -0.4 is 4.90 Å². The number of phenols is 1. The number of benzene rings is 2. The van der Waals surface area contributed by atoms with Crippen molar-refractivity contribution < 1.29 is 24.6 Å². The number of hydrogen-bond acceptors (Lipinski definition) is 7. The Morgan fingerprint density at radius 3 is 2.41 bits per heavy atom. The molecule has 0 unspecified atom stereocenters. The van der Waals surface area contributed by atoms with Crippen molar-refractivity contribution in [2.45, 2.75) is 57.0 Å². The van der Waals surface area contributed by atoms with Gasteiger partial charge in [0.2, 0.25) is 5.91 Å². The number of phenolic OH excluding ortho intramolecular Hbond substituents is 1. The first-order valence-electron chi connectivity index (χ1n) is 12.4. The molecule has 1 saturated heterocycles. The van der Waals surface area contributed by atoms with Gasteiger partial charge in [0.05, 0.1) is 0 Å². The predicted molar refractivity (Wildman–Crippen MR) is 154 cm³/mol. The molecule has 0 aliphatic carbocycles. The molecule has 1 heterocycles. The van der Waals surface area contributed by atoms with Gasteiger partial charge in [0.1, 0.15) is 23.2 Å². The zero-order chi connectivity index (χ0) is 26.8. The van der Waals surface area contributed by atoms with Crippen molar-refractivity contribution in [2.75, 3.05) is 22.2 Å². The van der Waals surface area contributed by atoms with Crippen LogP contribution in [0.2, 0.25) is 0 Å². The van der Waals surface area contributed by atoms with Gasteiger partial charge in [-0.05, 0) is 31.5 Å². The summed E-state index contributed by atoms with van der Waals surface area (Å²) in [5.74, 6) is 0.250. The molecular weight excluding hydrogens is 529 g/mol. The topological polar surface area (TPSA) is 98.2 Å². The molecule has 0 saturated carbocycles. The summed E-state index contributed by atoms with van der Waals surface area (Å²) in [4.78, 5) is 42.2. The Hall–Kier alpha value is -2.30. The lowest BCUT2D eigenvalue weighted by molar-refractivity contribution is -0.141. The molecule has 1 fully saturated rings. The summed E-state index contributed by atoms with van der Waals surface area (Å²) in [7, 11) is 3.41. The molecule has 2 amide bonds. The predicted octanol–water partition coefficient (Wildman–Crippen LogP) is 5.80. The van der Waals surface area contributed by atoms with Crippen LogP contribution in [0.15, 0.2) is 54.6 Å². The normalized spacial score (nSPS) is 17.9. The summed E-state index contributed by atoms with van der Waals surface area (Å²) in [6, 6.07) is 13.5. The van der Waals surface area contributed by atoms with Gasteiger partial charge in [-0.15, -0.1) is 11.8 Å². The van der Waals surface area contributed by atoms with Gasteiger partial charge >= 0.3 is 5.97 Å². The molecule has 200 valence electrons. The number of aliphatic carboxylic acids is 1. The fraction of sp³-hybridized carbons (Fsp3) is 0.444. The largest absolute Gasteiger partial charge is 0.508 e. The van der Waals surface area contributed by atoms with Crippen molar-refractivity contribution in [3.63, 3.8) is 0 Å². The second-order valence-electron chi connectivity index (χ2n) is 8.72. The molecule has 0 aromatic heterocycles. The molecule has 2 N–H and O–H groups in total. The zero-order valence-electron chi connectivity index (χ0n) is 21.1. The van der Waals surface area contributed by atoms with Crippen LogP contribution in [0.5, 0.6) is 5.75 Å². The average Bonchev–Trinajstić information content (AvgIpc) is 3.34. The number of rotatable bonds is 13. The molecule has 3 atom stereocenters. The van der Waals surface area contributed by atoms with E-state index in [2.05, 4.69) is 6.92 Å². The Morgan fingerprint density at radius 2 is 1.73 bits per heavy atom. The number of thioether (sulfide) groups is 1. The molecule has 3 rings (SSSR count). The number of carboxylic acid groups (broad SMARTS) is 1. The number of hydrogen-bond donors (Lipinski definition) is 2. The highest BCUT2D eigenvalue weighted by Gasteiger charge is 2.45. The van der Waals surface area contributed by atoms with Crippen molar-refractivity contribution in [2.24, 2.45) is 0 Å². The van der Waals surface area contributed by atoms with Crippen molar-refractivity contribution in [3.8, 4) is 5.75 Å². The molecule has 0 bridgehead atoms. The van der Waals surface area contributed by atoms with E-state index < -0.39 is 29.3 Å². The van der Waals surface area contributed by atoms with Crippen LogP contribution in [0, 0.1) is 0 Å². The minimum Gasteiger partial charge on any atom is -0.508 e. The fourth-order valence-electron chi connectivity index (χ4n) is 4.13. The van der Waals surface area contributed by atoms with Crippen LogP contribution in [0.3, 0.4) is 0 Å². The first kappa shape index (κ1) is 29.3. The molecule has 0 radical (unpaired) electrons. The summed E-state index contributed by atoms with van der Waals surface area (Å²) in [6.45, 7) is 3.63. The quantitative estimate of drug-likeness (QED) is 0.233. The third kappa shape index (κ3) is 7.61. The van der Waals surface area contributed by atoms with E-state index in [0.717, 1.165) is 12.2 Å². The van der Waals surface area contributed by atoms with Crippen molar-refractivity contribution >= 4 is 56.8 Å². The van der Waals surface area contributed by atoms with Gasteiger partial charge in [-0.2, -0.15) is 0 Å². The molecule has 10 heteroatoms. The number of para-hydroxylation sites is 2. The third-order valence-corrected chi connectivity index (χ3v) is 9.90. The lowest BCUT2D eigenvalue weighted by atomic mass is 10.1. The zero-order valence-corrected chi connectivity index (χ0v) is 23.6. The van der Waals surface area contributed by atoms with Crippen LogP contribution in [-0.4, -0.2) is 62.2 Å². The average molecular weight is 563 g/mol.